The van der Waals surface area contributed by atoms with Crippen molar-refractivity contribution in [3.63, 3.8) is 0 Å². The van der Waals surface area contributed by atoms with Gasteiger partial charge in [-0.2, -0.15) is 0 Å². The van der Waals surface area contributed by atoms with Crippen LogP contribution in [0.25, 0.3) is 0 Å². The van der Waals surface area contributed by atoms with Gasteiger partial charge in [-0.05, 0) is 25.7 Å². The fourth-order valence-corrected chi connectivity index (χ4v) is 5.32. The summed E-state index contributed by atoms with van der Waals surface area (Å²) in [5, 5.41) is 0. The van der Waals surface area contributed by atoms with Crippen LogP contribution in [0.15, 0.2) is 25.3 Å². The Balaban J connectivity index is 0. The Kier molecular flexibility index (Phi) is 42.7. The first kappa shape index (κ1) is 39.6. The SMILES string of the molecule is C=CCCCCCCCCCCCCCCCC.C=CCCCCCCCCCCCCCCCCCC. The third-order valence-corrected chi connectivity index (χ3v) is 8.02. The van der Waals surface area contributed by atoms with Crippen molar-refractivity contribution in [2.45, 2.75) is 219 Å². The first-order valence-corrected chi connectivity index (χ1v) is 18.0. The van der Waals surface area contributed by atoms with Crippen molar-refractivity contribution < 1.29 is 0 Å². The molecule has 0 amide bonds. The second-order valence-corrected chi connectivity index (χ2v) is 12.1. The van der Waals surface area contributed by atoms with Crippen molar-refractivity contribution in [1.29, 1.82) is 0 Å². The second-order valence-electron chi connectivity index (χ2n) is 12.1. The predicted octanol–water partition coefficient (Wildman–Crippen LogP) is 14.9. The molecule has 0 bridgehead atoms. The molecule has 0 fully saturated rings. The van der Waals surface area contributed by atoms with Crippen LogP contribution in [0.5, 0.6) is 0 Å². The Labute approximate surface area is 244 Å². The molecular weight excluding hydrogens is 456 g/mol. The minimum absolute atomic E-state index is 1.21. The minimum Gasteiger partial charge on any atom is -0.103 e. The summed E-state index contributed by atoms with van der Waals surface area (Å²) < 4.78 is 0. The standard InChI is InChI=1S/C20H40.C18H36/c1-3-5-7-9-11-13-15-17-19-20-18-16-14-12-10-8-6-4-2;1-3-5-7-9-11-13-15-17-18-16-14-12-10-8-6-4-2/h3H,1,4-20H2,2H3;3H,1,4-18H2,2H3. The Bertz CT molecular complexity index is 395. The van der Waals surface area contributed by atoms with Crippen LogP contribution in [0.2, 0.25) is 0 Å². The maximum atomic E-state index is 3.77. The average molecular weight is 533 g/mol. The molecule has 0 unspecified atom stereocenters. The van der Waals surface area contributed by atoms with Crippen LogP contribution in [0.3, 0.4) is 0 Å². The molecule has 0 radical (unpaired) electrons. The fraction of sp³-hybridized carbons (Fsp3) is 0.895. The molecule has 0 heterocycles. The van der Waals surface area contributed by atoms with Gasteiger partial charge in [0.15, 0.2) is 0 Å². The zero-order valence-corrected chi connectivity index (χ0v) is 27.2. The molecule has 0 atom stereocenters. The first-order chi connectivity index (χ1) is 18.8. The molecule has 228 valence electrons. The summed E-state index contributed by atoms with van der Waals surface area (Å²) in [5.74, 6) is 0. The minimum atomic E-state index is 1.21. The van der Waals surface area contributed by atoms with E-state index in [1.807, 2.05) is 12.2 Å². The van der Waals surface area contributed by atoms with Gasteiger partial charge in [0.05, 0.1) is 0 Å². The van der Waals surface area contributed by atoms with Crippen molar-refractivity contribution in [1.82, 2.24) is 0 Å². The van der Waals surface area contributed by atoms with Crippen LogP contribution in [0.4, 0.5) is 0 Å². The maximum absolute atomic E-state index is 3.77. The number of unbranched alkanes of at least 4 members (excludes halogenated alkanes) is 30. The Morgan fingerprint density at radius 3 is 0.579 bits per heavy atom. The Hall–Kier alpha value is -0.520. The highest BCUT2D eigenvalue weighted by Crippen LogP contribution is 2.15. The summed E-state index contributed by atoms with van der Waals surface area (Å²) in [7, 11) is 0. The lowest BCUT2D eigenvalue weighted by atomic mass is 10.0. The van der Waals surface area contributed by atoms with Crippen LogP contribution in [0.1, 0.15) is 219 Å². The molecular formula is C38H76. The highest BCUT2D eigenvalue weighted by Gasteiger charge is 1.95. The molecule has 0 aromatic heterocycles. The van der Waals surface area contributed by atoms with Crippen molar-refractivity contribution in [2.75, 3.05) is 0 Å². The lowest BCUT2D eigenvalue weighted by molar-refractivity contribution is 0.530. The van der Waals surface area contributed by atoms with Crippen molar-refractivity contribution in [3.05, 3.63) is 25.3 Å². The molecule has 0 aliphatic heterocycles. The van der Waals surface area contributed by atoms with E-state index >= 15 is 0 Å². The Morgan fingerprint density at radius 1 is 0.263 bits per heavy atom. The smallest absolute Gasteiger partial charge is 0.0353 e. The van der Waals surface area contributed by atoms with Gasteiger partial charge in [0, 0.05) is 0 Å². The predicted molar refractivity (Wildman–Crippen MR) is 179 cm³/mol. The number of allylic oxidation sites excluding steroid dienone is 2. The normalized spacial score (nSPS) is 10.8. The highest BCUT2D eigenvalue weighted by molar-refractivity contribution is 4.66. The summed E-state index contributed by atoms with van der Waals surface area (Å²) >= 11 is 0. The fourth-order valence-electron chi connectivity index (χ4n) is 5.32. The van der Waals surface area contributed by atoms with Gasteiger partial charge in [0.1, 0.15) is 0 Å². The van der Waals surface area contributed by atoms with Crippen molar-refractivity contribution >= 4 is 0 Å². The molecule has 0 spiro atoms. The molecule has 0 aliphatic carbocycles. The van der Waals surface area contributed by atoms with E-state index in [1.165, 1.54) is 205 Å². The van der Waals surface area contributed by atoms with Crippen LogP contribution in [-0.2, 0) is 0 Å². The van der Waals surface area contributed by atoms with E-state index in [2.05, 4.69) is 27.0 Å². The van der Waals surface area contributed by atoms with Crippen LogP contribution in [0, 0.1) is 0 Å². The Morgan fingerprint density at radius 2 is 0.421 bits per heavy atom. The van der Waals surface area contributed by atoms with Crippen LogP contribution in [-0.4, -0.2) is 0 Å². The van der Waals surface area contributed by atoms with E-state index in [9.17, 15) is 0 Å². The van der Waals surface area contributed by atoms with Gasteiger partial charge in [-0.25, -0.2) is 0 Å². The van der Waals surface area contributed by atoms with E-state index in [1.54, 1.807) is 0 Å². The zero-order valence-electron chi connectivity index (χ0n) is 27.2. The molecule has 0 N–H and O–H groups in total. The molecule has 38 heavy (non-hydrogen) atoms. The van der Waals surface area contributed by atoms with Gasteiger partial charge in [-0.3, -0.25) is 0 Å². The van der Waals surface area contributed by atoms with Gasteiger partial charge in [0.25, 0.3) is 0 Å². The molecule has 0 aromatic carbocycles. The second kappa shape index (κ2) is 41.0. The van der Waals surface area contributed by atoms with Gasteiger partial charge >= 0.3 is 0 Å². The molecule has 0 nitrogen and oxygen atoms in total. The van der Waals surface area contributed by atoms with Crippen molar-refractivity contribution in [2.24, 2.45) is 0 Å². The maximum Gasteiger partial charge on any atom is -0.0353 e. The summed E-state index contributed by atoms with van der Waals surface area (Å²) in [5.41, 5.74) is 0. The van der Waals surface area contributed by atoms with Crippen molar-refractivity contribution in [3.8, 4) is 0 Å². The summed E-state index contributed by atoms with van der Waals surface area (Å²) in [6.07, 6.45) is 49.9. The third kappa shape index (κ3) is 42.6. The third-order valence-electron chi connectivity index (χ3n) is 8.02. The average Bonchev–Trinajstić information content (AvgIpc) is 2.93. The summed E-state index contributed by atoms with van der Waals surface area (Å²) in [6.45, 7) is 12.1. The van der Waals surface area contributed by atoms with Crippen LogP contribution >= 0.6 is 0 Å². The van der Waals surface area contributed by atoms with Crippen LogP contribution < -0.4 is 0 Å². The number of hydrogen-bond donors (Lipinski definition) is 0. The number of hydrogen-bond acceptors (Lipinski definition) is 0. The lowest BCUT2D eigenvalue weighted by Crippen LogP contribution is -1.83. The first-order valence-electron chi connectivity index (χ1n) is 18.0. The molecule has 0 rings (SSSR count). The van der Waals surface area contributed by atoms with E-state index in [4.69, 9.17) is 0 Å². The monoisotopic (exact) mass is 533 g/mol. The largest absolute Gasteiger partial charge is 0.103 e. The lowest BCUT2D eigenvalue weighted by Gasteiger charge is -2.03. The topological polar surface area (TPSA) is 0 Å². The van der Waals surface area contributed by atoms with Gasteiger partial charge < -0.3 is 0 Å². The molecule has 0 aliphatic rings. The molecule has 0 saturated carbocycles. The summed E-state index contributed by atoms with van der Waals surface area (Å²) in [6, 6.07) is 0. The van der Waals surface area contributed by atoms with E-state index in [0.29, 0.717) is 0 Å². The molecule has 0 saturated heterocycles. The van der Waals surface area contributed by atoms with E-state index < -0.39 is 0 Å². The van der Waals surface area contributed by atoms with E-state index in [0.717, 1.165) is 0 Å². The zero-order chi connectivity index (χ0) is 28.0. The highest BCUT2D eigenvalue weighted by atomic mass is 14.0. The van der Waals surface area contributed by atoms with Gasteiger partial charge in [0.2, 0.25) is 0 Å². The van der Waals surface area contributed by atoms with Gasteiger partial charge in [-0.15, -0.1) is 13.2 Å². The quantitative estimate of drug-likeness (QED) is 0.0596. The van der Waals surface area contributed by atoms with Gasteiger partial charge in [-0.1, -0.05) is 206 Å². The van der Waals surface area contributed by atoms with E-state index in [-0.39, 0.29) is 0 Å². The number of rotatable bonds is 32. The molecule has 0 heteroatoms. The summed E-state index contributed by atoms with van der Waals surface area (Å²) in [4.78, 5) is 0. The molecule has 0 aromatic rings.